The summed E-state index contributed by atoms with van der Waals surface area (Å²) in [4.78, 5) is 0. The summed E-state index contributed by atoms with van der Waals surface area (Å²) in [5.41, 5.74) is 0. The van der Waals surface area contributed by atoms with Gasteiger partial charge in [-0.2, -0.15) is 0 Å². The minimum Gasteiger partial charge on any atom is -0.0842 e. The Balaban J connectivity index is 0.000000227. The zero-order valence-corrected chi connectivity index (χ0v) is 11.6. The molecule has 0 nitrogen and oxygen atoms in total. The average molecular weight is 371 g/mol. The van der Waals surface area contributed by atoms with E-state index in [1.807, 2.05) is 0 Å². The SMILES string of the molecule is C1=CCCC=C1.CCC1CCCC1.[Ir]. The molecule has 0 amide bonds. The molecule has 1 radical (unpaired) electrons. The number of rotatable bonds is 1. The van der Waals surface area contributed by atoms with Gasteiger partial charge >= 0.3 is 0 Å². The van der Waals surface area contributed by atoms with Gasteiger partial charge in [-0.3, -0.25) is 0 Å². The molecule has 0 aromatic carbocycles. The maximum Gasteiger partial charge on any atom is 0 e. The van der Waals surface area contributed by atoms with Crippen molar-refractivity contribution in [3.8, 4) is 0 Å². The van der Waals surface area contributed by atoms with Crippen molar-refractivity contribution in [2.45, 2.75) is 51.9 Å². The Morgan fingerprint density at radius 2 is 1.50 bits per heavy atom. The zero-order chi connectivity index (χ0) is 9.36. The quantitative estimate of drug-likeness (QED) is 0.639. The van der Waals surface area contributed by atoms with Crippen molar-refractivity contribution < 1.29 is 20.1 Å². The van der Waals surface area contributed by atoms with Gasteiger partial charge in [0.2, 0.25) is 0 Å². The second-order valence-corrected chi connectivity index (χ2v) is 3.99. The summed E-state index contributed by atoms with van der Waals surface area (Å²) < 4.78 is 0. The van der Waals surface area contributed by atoms with Crippen LogP contribution in [0.5, 0.6) is 0 Å². The van der Waals surface area contributed by atoms with E-state index in [1.165, 1.54) is 44.9 Å². The van der Waals surface area contributed by atoms with E-state index in [2.05, 4.69) is 31.2 Å². The predicted molar refractivity (Wildman–Crippen MR) is 59.8 cm³/mol. The van der Waals surface area contributed by atoms with Crippen LogP contribution < -0.4 is 0 Å². The van der Waals surface area contributed by atoms with Crippen LogP contribution in [-0.4, -0.2) is 0 Å². The Morgan fingerprint density at radius 1 is 1.00 bits per heavy atom. The first kappa shape index (κ1) is 14.1. The van der Waals surface area contributed by atoms with E-state index >= 15 is 0 Å². The number of hydrogen-bond acceptors (Lipinski definition) is 0. The molecule has 2 rings (SSSR count). The minimum absolute atomic E-state index is 0. The van der Waals surface area contributed by atoms with Gasteiger partial charge in [-0.25, -0.2) is 0 Å². The monoisotopic (exact) mass is 371 g/mol. The van der Waals surface area contributed by atoms with Crippen LogP contribution in [0.2, 0.25) is 0 Å². The topological polar surface area (TPSA) is 0 Å². The van der Waals surface area contributed by atoms with Crippen molar-refractivity contribution >= 4 is 0 Å². The van der Waals surface area contributed by atoms with Crippen LogP contribution in [-0.2, 0) is 20.1 Å². The number of allylic oxidation sites excluding steroid dienone is 4. The third-order valence-electron chi connectivity index (χ3n) is 2.94. The van der Waals surface area contributed by atoms with Crippen molar-refractivity contribution in [2.24, 2.45) is 5.92 Å². The standard InChI is InChI=1S/C7H14.C6H8.Ir/c1-2-7-5-3-4-6-7;1-2-4-6-5-3-1;/h7H,2-6H2,1H3;1-4H,5-6H2;. The van der Waals surface area contributed by atoms with E-state index in [1.54, 1.807) is 0 Å². The summed E-state index contributed by atoms with van der Waals surface area (Å²) in [5, 5.41) is 0. The van der Waals surface area contributed by atoms with Gasteiger partial charge in [-0.1, -0.05) is 63.3 Å². The fourth-order valence-corrected chi connectivity index (χ4v) is 1.96. The molecule has 0 N–H and O–H groups in total. The van der Waals surface area contributed by atoms with E-state index < -0.39 is 0 Å². The molecule has 0 aliphatic heterocycles. The van der Waals surface area contributed by atoms with Gasteiger partial charge < -0.3 is 0 Å². The van der Waals surface area contributed by atoms with Gasteiger partial charge in [-0.05, 0) is 18.8 Å². The zero-order valence-electron chi connectivity index (χ0n) is 9.17. The van der Waals surface area contributed by atoms with Gasteiger partial charge in [0, 0.05) is 20.1 Å². The van der Waals surface area contributed by atoms with Crippen LogP contribution in [0.1, 0.15) is 51.9 Å². The first-order valence-corrected chi connectivity index (χ1v) is 5.75. The first-order chi connectivity index (χ1) is 6.43. The molecular weight excluding hydrogens is 348 g/mol. The van der Waals surface area contributed by atoms with E-state index in [-0.39, 0.29) is 20.1 Å². The van der Waals surface area contributed by atoms with E-state index in [4.69, 9.17) is 0 Å². The van der Waals surface area contributed by atoms with E-state index in [0.29, 0.717) is 0 Å². The van der Waals surface area contributed by atoms with Crippen molar-refractivity contribution in [1.29, 1.82) is 0 Å². The molecule has 1 fully saturated rings. The maximum atomic E-state index is 2.30. The summed E-state index contributed by atoms with van der Waals surface area (Å²) in [6, 6.07) is 0. The molecule has 0 aromatic rings. The molecule has 0 atom stereocenters. The fourth-order valence-electron chi connectivity index (χ4n) is 1.96. The summed E-state index contributed by atoms with van der Waals surface area (Å²) in [6.45, 7) is 2.30. The van der Waals surface area contributed by atoms with Crippen LogP contribution in [0.4, 0.5) is 0 Å². The smallest absolute Gasteiger partial charge is 0 e. The minimum atomic E-state index is 0. The van der Waals surface area contributed by atoms with Gasteiger partial charge in [0.05, 0.1) is 0 Å². The summed E-state index contributed by atoms with van der Waals surface area (Å²) in [6.07, 6.45) is 18.4. The molecular formula is C13H22Ir. The summed E-state index contributed by atoms with van der Waals surface area (Å²) in [5.74, 6) is 1.10. The Bertz CT molecular complexity index is 152. The van der Waals surface area contributed by atoms with Crippen molar-refractivity contribution in [2.75, 3.05) is 0 Å². The predicted octanol–water partition coefficient (Wildman–Crippen LogP) is 4.48. The number of hydrogen-bond donors (Lipinski definition) is 0. The van der Waals surface area contributed by atoms with Crippen molar-refractivity contribution in [1.82, 2.24) is 0 Å². The summed E-state index contributed by atoms with van der Waals surface area (Å²) >= 11 is 0. The molecule has 2 aliphatic rings. The van der Waals surface area contributed by atoms with Gasteiger partial charge in [0.25, 0.3) is 0 Å². The second kappa shape index (κ2) is 9.68. The molecule has 14 heavy (non-hydrogen) atoms. The van der Waals surface area contributed by atoms with Crippen LogP contribution in [0.3, 0.4) is 0 Å². The van der Waals surface area contributed by atoms with Crippen molar-refractivity contribution in [3.63, 3.8) is 0 Å². The van der Waals surface area contributed by atoms with Crippen LogP contribution in [0, 0.1) is 5.92 Å². The molecule has 0 aromatic heterocycles. The van der Waals surface area contributed by atoms with Gasteiger partial charge in [-0.15, -0.1) is 0 Å². The summed E-state index contributed by atoms with van der Waals surface area (Å²) in [7, 11) is 0. The van der Waals surface area contributed by atoms with Crippen molar-refractivity contribution in [3.05, 3.63) is 24.3 Å². The molecule has 0 heterocycles. The Kier molecular flexibility index (Phi) is 9.76. The van der Waals surface area contributed by atoms with E-state index in [9.17, 15) is 0 Å². The Hall–Kier alpha value is 0.129. The second-order valence-electron chi connectivity index (χ2n) is 3.99. The average Bonchev–Trinajstić information content (AvgIpc) is 2.74. The Morgan fingerprint density at radius 3 is 1.71 bits per heavy atom. The molecule has 0 bridgehead atoms. The third-order valence-corrected chi connectivity index (χ3v) is 2.94. The Labute approximate surface area is 102 Å². The molecule has 83 valence electrons. The third kappa shape index (κ3) is 6.56. The van der Waals surface area contributed by atoms with E-state index in [0.717, 1.165) is 5.92 Å². The largest absolute Gasteiger partial charge is 0.0842 e. The molecule has 0 spiro atoms. The van der Waals surface area contributed by atoms with Crippen LogP contribution in [0.25, 0.3) is 0 Å². The fraction of sp³-hybridized carbons (Fsp3) is 0.692. The molecule has 2 aliphatic carbocycles. The normalized spacial score (nSPS) is 19.8. The molecule has 0 saturated heterocycles. The van der Waals surface area contributed by atoms with Crippen LogP contribution >= 0.6 is 0 Å². The molecule has 1 saturated carbocycles. The van der Waals surface area contributed by atoms with Gasteiger partial charge in [0.15, 0.2) is 0 Å². The first-order valence-electron chi connectivity index (χ1n) is 5.75. The maximum absolute atomic E-state index is 2.30. The van der Waals surface area contributed by atoms with Gasteiger partial charge in [0.1, 0.15) is 0 Å². The molecule has 1 heteroatoms. The van der Waals surface area contributed by atoms with Crippen LogP contribution in [0.15, 0.2) is 24.3 Å². The molecule has 0 unspecified atom stereocenters.